The summed E-state index contributed by atoms with van der Waals surface area (Å²) in [7, 11) is 0. The summed E-state index contributed by atoms with van der Waals surface area (Å²) >= 11 is 6.42. The molecule has 0 saturated carbocycles. The van der Waals surface area contributed by atoms with E-state index in [9.17, 15) is 5.11 Å². The van der Waals surface area contributed by atoms with Crippen LogP contribution in [0.5, 0.6) is 5.75 Å². The number of hydrogen-bond donors (Lipinski definition) is 1. The van der Waals surface area contributed by atoms with Crippen molar-refractivity contribution < 1.29 is 5.11 Å². The summed E-state index contributed by atoms with van der Waals surface area (Å²) in [4.78, 5) is 0. The largest absolute Gasteiger partial charge is 0.508 e. The molecule has 1 aromatic rings. The standard InChI is InChI=1S/C14H21ClO/c1-13(2,3)9-7-8-10(16)11(12(9)15)14(4,5)6/h7-8,16H,1-6H3. The Kier molecular flexibility index (Phi) is 3.31. The second-order valence-electron chi connectivity index (χ2n) is 6.32. The Hall–Kier alpha value is -0.690. The third kappa shape index (κ3) is 2.52. The number of phenols is 1. The molecule has 0 aliphatic carbocycles. The molecule has 2 heteroatoms. The lowest BCUT2D eigenvalue weighted by Crippen LogP contribution is -2.17. The van der Waals surface area contributed by atoms with Gasteiger partial charge in [0.1, 0.15) is 5.75 Å². The Morgan fingerprint density at radius 3 is 1.81 bits per heavy atom. The normalized spacial score (nSPS) is 12.9. The summed E-state index contributed by atoms with van der Waals surface area (Å²) < 4.78 is 0. The van der Waals surface area contributed by atoms with Gasteiger partial charge in [-0.15, -0.1) is 0 Å². The minimum absolute atomic E-state index is 0.00914. The third-order valence-electron chi connectivity index (χ3n) is 2.68. The summed E-state index contributed by atoms with van der Waals surface area (Å²) in [5, 5.41) is 10.6. The van der Waals surface area contributed by atoms with E-state index in [1.165, 1.54) is 0 Å². The van der Waals surface area contributed by atoms with Crippen LogP contribution in [0.3, 0.4) is 0 Å². The van der Waals surface area contributed by atoms with Crippen molar-refractivity contribution in [2.45, 2.75) is 52.4 Å². The van der Waals surface area contributed by atoms with E-state index in [0.717, 1.165) is 11.1 Å². The van der Waals surface area contributed by atoms with Gasteiger partial charge in [0.15, 0.2) is 0 Å². The third-order valence-corrected chi connectivity index (χ3v) is 3.07. The molecule has 0 aromatic heterocycles. The molecule has 0 bridgehead atoms. The van der Waals surface area contributed by atoms with E-state index in [1.807, 2.05) is 6.07 Å². The van der Waals surface area contributed by atoms with Gasteiger partial charge < -0.3 is 5.11 Å². The number of halogens is 1. The van der Waals surface area contributed by atoms with E-state index in [0.29, 0.717) is 5.02 Å². The van der Waals surface area contributed by atoms with E-state index in [1.54, 1.807) is 6.07 Å². The van der Waals surface area contributed by atoms with Crippen LogP contribution in [0.2, 0.25) is 5.02 Å². The van der Waals surface area contributed by atoms with Crippen LogP contribution in [0.15, 0.2) is 12.1 Å². The first-order chi connectivity index (χ1) is 7.05. The van der Waals surface area contributed by atoms with E-state index in [2.05, 4.69) is 41.5 Å². The molecular formula is C14H21ClO. The fourth-order valence-electron chi connectivity index (χ4n) is 1.86. The Morgan fingerprint density at radius 1 is 0.938 bits per heavy atom. The van der Waals surface area contributed by atoms with Crippen molar-refractivity contribution in [1.29, 1.82) is 0 Å². The van der Waals surface area contributed by atoms with Gasteiger partial charge in [-0.1, -0.05) is 59.2 Å². The van der Waals surface area contributed by atoms with Crippen molar-refractivity contribution in [3.8, 4) is 5.75 Å². The molecule has 1 rings (SSSR count). The lowest BCUT2D eigenvalue weighted by molar-refractivity contribution is 0.445. The Morgan fingerprint density at radius 2 is 1.44 bits per heavy atom. The van der Waals surface area contributed by atoms with Crippen LogP contribution in [-0.2, 0) is 10.8 Å². The van der Waals surface area contributed by atoms with Gasteiger partial charge in [-0.05, 0) is 22.5 Å². The van der Waals surface area contributed by atoms with Gasteiger partial charge in [0, 0.05) is 5.56 Å². The van der Waals surface area contributed by atoms with E-state index in [4.69, 9.17) is 11.6 Å². The van der Waals surface area contributed by atoms with E-state index < -0.39 is 0 Å². The lowest BCUT2D eigenvalue weighted by Gasteiger charge is -2.27. The van der Waals surface area contributed by atoms with Crippen LogP contribution in [0.1, 0.15) is 52.7 Å². The highest BCUT2D eigenvalue weighted by Crippen LogP contribution is 2.41. The molecule has 16 heavy (non-hydrogen) atoms. The zero-order chi connectivity index (χ0) is 12.7. The number of rotatable bonds is 0. The average Bonchev–Trinajstić information content (AvgIpc) is 1.97. The maximum absolute atomic E-state index is 9.93. The average molecular weight is 241 g/mol. The molecule has 1 aromatic carbocycles. The molecular weight excluding hydrogens is 220 g/mol. The van der Waals surface area contributed by atoms with Gasteiger partial charge in [0.2, 0.25) is 0 Å². The molecule has 0 saturated heterocycles. The highest BCUT2D eigenvalue weighted by molar-refractivity contribution is 6.32. The van der Waals surface area contributed by atoms with Gasteiger partial charge in [-0.3, -0.25) is 0 Å². The van der Waals surface area contributed by atoms with Crippen LogP contribution >= 0.6 is 11.6 Å². The van der Waals surface area contributed by atoms with Crippen LogP contribution in [0.25, 0.3) is 0 Å². The maximum Gasteiger partial charge on any atom is 0.120 e. The van der Waals surface area contributed by atoms with Crippen LogP contribution in [-0.4, -0.2) is 5.11 Å². The fraction of sp³-hybridized carbons (Fsp3) is 0.571. The minimum atomic E-state index is -0.150. The van der Waals surface area contributed by atoms with Crippen LogP contribution in [0, 0.1) is 0 Å². The first kappa shape index (κ1) is 13.4. The molecule has 0 unspecified atom stereocenters. The minimum Gasteiger partial charge on any atom is -0.508 e. The monoisotopic (exact) mass is 240 g/mol. The zero-order valence-electron chi connectivity index (χ0n) is 11.0. The van der Waals surface area contributed by atoms with Gasteiger partial charge in [-0.25, -0.2) is 0 Å². The maximum atomic E-state index is 9.93. The summed E-state index contributed by atoms with van der Waals surface area (Å²) in [6.45, 7) is 12.5. The highest BCUT2D eigenvalue weighted by Gasteiger charge is 2.27. The Balaban J connectivity index is 3.52. The smallest absolute Gasteiger partial charge is 0.120 e. The van der Waals surface area contributed by atoms with Crippen LogP contribution in [0.4, 0.5) is 0 Å². The number of hydrogen-bond acceptors (Lipinski definition) is 1. The molecule has 0 spiro atoms. The van der Waals surface area contributed by atoms with E-state index in [-0.39, 0.29) is 16.6 Å². The van der Waals surface area contributed by atoms with Crippen LogP contribution < -0.4 is 0 Å². The molecule has 1 nitrogen and oxygen atoms in total. The predicted molar refractivity (Wildman–Crippen MR) is 70.5 cm³/mol. The van der Waals surface area contributed by atoms with Crippen molar-refractivity contribution in [2.24, 2.45) is 0 Å². The molecule has 0 atom stereocenters. The van der Waals surface area contributed by atoms with Crippen molar-refractivity contribution in [1.82, 2.24) is 0 Å². The first-order valence-corrected chi connectivity index (χ1v) is 5.95. The zero-order valence-corrected chi connectivity index (χ0v) is 11.7. The number of phenolic OH excluding ortho intramolecular Hbond substituents is 1. The Labute approximate surface area is 103 Å². The molecule has 0 fully saturated rings. The highest BCUT2D eigenvalue weighted by atomic mass is 35.5. The first-order valence-electron chi connectivity index (χ1n) is 5.57. The summed E-state index contributed by atoms with van der Waals surface area (Å²) in [6, 6.07) is 3.65. The van der Waals surface area contributed by atoms with Gasteiger partial charge in [-0.2, -0.15) is 0 Å². The molecule has 0 aliphatic rings. The molecule has 1 N–H and O–H groups in total. The second-order valence-corrected chi connectivity index (χ2v) is 6.70. The lowest BCUT2D eigenvalue weighted by atomic mass is 9.80. The van der Waals surface area contributed by atoms with Gasteiger partial charge in [0.25, 0.3) is 0 Å². The van der Waals surface area contributed by atoms with Gasteiger partial charge in [0.05, 0.1) is 5.02 Å². The summed E-state index contributed by atoms with van der Waals surface area (Å²) in [6.07, 6.45) is 0. The quantitative estimate of drug-likeness (QED) is 0.701. The molecule has 0 radical (unpaired) electrons. The fourth-order valence-corrected chi connectivity index (χ4v) is 2.59. The van der Waals surface area contributed by atoms with Crippen molar-refractivity contribution in [2.75, 3.05) is 0 Å². The summed E-state index contributed by atoms with van der Waals surface area (Å²) in [5.74, 6) is 0.283. The molecule has 90 valence electrons. The molecule has 0 heterocycles. The topological polar surface area (TPSA) is 20.2 Å². The number of aromatic hydroxyl groups is 1. The number of benzene rings is 1. The van der Waals surface area contributed by atoms with Gasteiger partial charge >= 0.3 is 0 Å². The Bertz CT molecular complexity index is 394. The van der Waals surface area contributed by atoms with Crippen molar-refractivity contribution >= 4 is 11.6 Å². The van der Waals surface area contributed by atoms with Crippen molar-refractivity contribution in [3.05, 3.63) is 28.3 Å². The molecule has 0 aliphatic heterocycles. The van der Waals surface area contributed by atoms with E-state index >= 15 is 0 Å². The van der Waals surface area contributed by atoms with Crippen molar-refractivity contribution in [3.63, 3.8) is 0 Å². The summed E-state index contributed by atoms with van der Waals surface area (Å²) in [5.41, 5.74) is 1.76. The molecule has 0 amide bonds. The predicted octanol–water partition coefficient (Wildman–Crippen LogP) is 4.64. The SMILES string of the molecule is CC(C)(C)c1ccc(O)c(C(C)(C)C)c1Cl. The second kappa shape index (κ2) is 3.96.